The fourth-order valence-electron chi connectivity index (χ4n) is 4.30. The Morgan fingerprint density at radius 3 is 2.76 bits per heavy atom. The largest absolute Gasteiger partial charge is 0.353 e. The maximum atomic E-state index is 5.87. The molecule has 2 aromatic rings. The number of nitrogens with zero attached hydrogens (tertiary/aromatic N) is 2. The van der Waals surface area contributed by atoms with E-state index in [-0.39, 0.29) is 0 Å². The van der Waals surface area contributed by atoms with Gasteiger partial charge in [0.2, 0.25) is 0 Å². The maximum absolute atomic E-state index is 5.87. The van der Waals surface area contributed by atoms with Crippen LogP contribution >= 0.6 is 0 Å². The van der Waals surface area contributed by atoms with Crippen LogP contribution < -0.4 is 10.6 Å². The van der Waals surface area contributed by atoms with Crippen molar-refractivity contribution in [2.75, 3.05) is 11.4 Å². The van der Waals surface area contributed by atoms with Crippen molar-refractivity contribution < 1.29 is 0 Å². The lowest BCUT2D eigenvalue weighted by molar-refractivity contribution is 0.341. The van der Waals surface area contributed by atoms with Gasteiger partial charge in [0.25, 0.3) is 0 Å². The smallest absolute Gasteiger partial charge is 0.136 e. The molecular formula is C18H23N3. The van der Waals surface area contributed by atoms with Crippen LogP contribution in [0.2, 0.25) is 0 Å². The van der Waals surface area contributed by atoms with Crippen molar-refractivity contribution in [3.8, 4) is 0 Å². The number of nitrogens with two attached hydrogens (primary N) is 1. The average Bonchev–Trinajstić information content (AvgIpc) is 2.98. The highest BCUT2D eigenvalue weighted by atomic mass is 15.2. The Morgan fingerprint density at radius 1 is 1.10 bits per heavy atom. The van der Waals surface area contributed by atoms with Crippen molar-refractivity contribution >= 4 is 16.6 Å². The van der Waals surface area contributed by atoms with Gasteiger partial charge in [0.1, 0.15) is 5.82 Å². The van der Waals surface area contributed by atoms with Crippen molar-refractivity contribution in [3.05, 3.63) is 36.0 Å². The summed E-state index contributed by atoms with van der Waals surface area (Å²) < 4.78 is 0. The van der Waals surface area contributed by atoms with Gasteiger partial charge in [-0.2, -0.15) is 0 Å². The minimum absolute atomic E-state index is 0.555. The number of fused-ring (bicyclic) bond motifs is 2. The molecule has 1 saturated carbocycles. The Labute approximate surface area is 126 Å². The molecule has 3 heteroatoms. The fraction of sp³-hybridized carbons (Fsp3) is 0.500. The topological polar surface area (TPSA) is 42.1 Å². The summed E-state index contributed by atoms with van der Waals surface area (Å²) in [5.74, 6) is 2.06. The first-order valence-corrected chi connectivity index (χ1v) is 8.22. The van der Waals surface area contributed by atoms with Gasteiger partial charge >= 0.3 is 0 Å². The van der Waals surface area contributed by atoms with Gasteiger partial charge in [-0.15, -0.1) is 0 Å². The molecule has 4 rings (SSSR count). The predicted molar refractivity (Wildman–Crippen MR) is 87.3 cm³/mol. The number of benzene rings is 1. The molecule has 0 bridgehead atoms. The monoisotopic (exact) mass is 281 g/mol. The van der Waals surface area contributed by atoms with E-state index in [1.54, 1.807) is 0 Å². The van der Waals surface area contributed by atoms with Crippen LogP contribution in [0.25, 0.3) is 10.8 Å². The summed E-state index contributed by atoms with van der Waals surface area (Å²) in [5, 5.41) is 2.54. The van der Waals surface area contributed by atoms with E-state index in [2.05, 4.69) is 29.2 Å². The highest BCUT2D eigenvalue weighted by Crippen LogP contribution is 2.40. The number of pyridine rings is 1. The van der Waals surface area contributed by atoms with Crippen molar-refractivity contribution in [2.24, 2.45) is 11.7 Å². The van der Waals surface area contributed by atoms with Gasteiger partial charge < -0.3 is 10.6 Å². The number of aromatic nitrogens is 1. The molecule has 0 radical (unpaired) electrons. The van der Waals surface area contributed by atoms with E-state index in [0.29, 0.717) is 12.6 Å². The lowest BCUT2D eigenvalue weighted by Crippen LogP contribution is -2.35. The lowest BCUT2D eigenvalue weighted by atomic mass is 9.85. The molecule has 21 heavy (non-hydrogen) atoms. The Balaban J connectivity index is 1.80. The maximum Gasteiger partial charge on any atom is 0.136 e. The molecule has 2 N–H and O–H groups in total. The van der Waals surface area contributed by atoms with E-state index in [0.717, 1.165) is 18.0 Å². The predicted octanol–water partition coefficient (Wildman–Crippen LogP) is 3.46. The Hall–Kier alpha value is -1.61. The molecule has 0 spiro atoms. The van der Waals surface area contributed by atoms with Gasteiger partial charge in [0, 0.05) is 30.7 Å². The van der Waals surface area contributed by atoms with Gasteiger partial charge in [-0.25, -0.2) is 4.98 Å². The molecule has 1 saturated heterocycles. The second-order valence-electron chi connectivity index (χ2n) is 6.45. The van der Waals surface area contributed by atoms with Gasteiger partial charge in [-0.05, 0) is 36.1 Å². The molecule has 1 aromatic heterocycles. The standard InChI is InChI=1S/C18H23N3/c19-11-14-12-20-18(16-7-3-2-6-15(14)16)21-10-9-13-5-1-4-8-17(13)21/h2-3,6-7,12-13,17H,1,4-5,8-11,19H2. The Kier molecular flexibility index (Phi) is 3.30. The van der Waals surface area contributed by atoms with E-state index < -0.39 is 0 Å². The zero-order valence-corrected chi connectivity index (χ0v) is 12.5. The lowest BCUT2D eigenvalue weighted by Gasteiger charge is -2.33. The summed E-state index contributed by atoms with van der Waals surface area (Å²) in [5.41, 5.74) is 7.02. The molecule has 0 amide bonds. The van der Waals surface area contributed by atoms with Crippen LogP contribution in [0.5, 0.6) is 0 Å². The third-order valence-electron chi connectivity index (χ3n) is 5.36. The van der Waals surface area contributed by atoms with E-state index in [1.807, 2.05) is 6.20 Å². The third kappa shape index (κ3) is 2.11. The van der Waals surface area contributed by atoms with Crippen molar-refractivity contribution in [1.29, 1.82) is 0 Å². The van der Waals surface area contributed by atoms with Crippen LogP contribution in [-0.2, 0) is 6.54 Å². The van der Waals surface area contributed by atoms with E-state index in [1.165, 1.54) is 48.7 Å². The molecule has 2 aliphatic rings. The fourth-order valence-corrected chi connectivity index (χ4v) is 4.30. The highest BCUT2D eigenvalue weighted by molar-refractivity contribution is 5.94. The Morgan fingerprint density at radius 2 is 1.90 bits per heavy atom. The molecular weight excluding hydrogens is 258 g/mol. The number of anilines is 1. The van der Waals surface area contributed by atoms with Crippen LogP contribution in [0.4, 0.5) is 5.82 Å². The van der Waals surface area contributed by atoms with Crippen LogP contribution in [0.3, 0.4) is 0 Å². The summed E-state index contributed by atoms with van der Waals surface area (Å²) >= 11 is 0. The van der Waals surface area contributed by atoms with Crippen LogP contribution in [-0.4, -0.2) is 17.6 Å². The Bertz CT molecular complexity index is 652. The van der Waals surface area contributed by atoms with Crippen molar-refractivity contribution in [1.82, 2.24) is 4.98 Å². The summed E-state index contributed by atoms with van der Waals surface area (Å²) in [6.45, 7) is 1.72. The first kappa shape index (κ1) is 13.1. The second kappa shape index (κ2) is 5.30. The second-order valence-corrected chi connectivity index (χ2v) is 6.45. The van der Waals surface area contributed by atoms with Gasteiger partial charge in [0.05, 0.1) is 0 Å². The molecule has 1 aliphatic carbocycles. The van der Waals surface area contributed by atoms with Crippen LogP contribution in [0.1, 0.15) is 37.7 Å². The average molecular weight is 281 g/mol. The molecule has 1 aromatic carbocycles. The van der Waals surface area contributed by atoms with E-state index in [9.17, 15) is 0 Å². The molecule has 2 atom stereocenters. The zero-order valence-electron chi connectivity index (χ0n) is 12.5. The van der Waals surface area contributed by atoms with Gasteiger partial charge in [0.15, 0.2) is 0 Å². The summed E-state index contributed by atoms with van der Waals surface area (Å²) in [6.07, 6.45) is 8.83. The van der Waals surface area contributed by atoms with Crippen LogP contribution in [0.15, 0.2) is 30.5 Å². The number of hydrogen-bond acceptors (Lipinski definition) is 3. The first-order chi connectivity index (χ1) is 10.4. The molecule has 1 aliphatic heterocycles. The third-order valence-corrected chi connectivity index (χ3v) is 5.36. The van der Waals surface area contributed by atoms with Crippen molar-refractivity contribution in [3.63, 3.8) is 0 Å². The molecule has 2 fully saturated rings. The van der Waals surface area contributed by atoms with Gasteiger partial charge in [-0.3, -0.25) is 0 Å². The van der Waals surface area contributed by atoms with Crippen LogP contribution in [0, 0.1) is 5.92 Å². The highest BCUT2D eigenvalue weighted by Gasteiger charge is 2.36. The van der Waals surface area contributed by atoms with Crippen molar-refractivity contribution in [2.45, 2.75) is 44.7 Å². The molecule has 110 valence electrons. The molecule has 3 nitrogen and oxygen atoms in total. The van der Waals surface area contributed by atoms with E-state index in [4.69, 9.17) is 10.7 Å². The normalized spacial score (nSPS) is 25.3. The number of hydrogen-bond donors (Lipinski definition) is 1. The summed E-state index contributed by atoms with van der Waals surface area (Å²) in [4.78, 5) is 7.37. The minimum atomic E-state index is 0.555. The zero-order chi connectivity index (χ0) is 14.2. The number of rotatable bonds is 2. The quantitative estimate of drug-likeness (QED) is 0.916. The summed E-state index contributed by atoms with van der Waals surface area (Å²) in [7, 11) is 0. The first-order valence-electron chi connectivity index (χ1n) is 8.22. The molecule has 2 heterocycles. The minimum Gasteiger partial charge on any atom is -0.353 e. The van der Waals surface area contributed by atoms with Gasteiger partial charge in [-0.1, -0.05) is 37.1 Å². The summed E-state index contributed by atoms with van der Waals surface area (Å²) in [6, 6.07) is 9.30. The van der Waals surface area contributed by atoms with E-state index >= 15 is 0 Å². The molecule has 2 unspecified atom stereocenters. The SMILES string of the molecule is NCc1cnc(N2CCC3CCCCC32)c2ccccc12.